The predicted molar refractivity (Wildman–Crippen MR) is 69.2 cm³/mol. The Bertz CT molecular complexity index is 629. The normalized spacial score (nSPS) is 10.8. The molecule has 0 aliphatic carbocycles. The van der Waals surface area contributed by atoms with Gasteiger partial charge in [-0.3, -0.25) is 0 Å². The second-order valence-corrected chi connectivity index (χ2v) is 4.56. The molecule has 1 heterocycles. The lowest BCUT2D eigenvalue weighted by Gasteiger charge is -2.01. The summed E-state index contributed by atoms with van der Waals surface area (Å²) in [5, 5.41) is 2.45. The van der Waals surface area contributed by atoms with Gasteiger partial charge in [0.15, 0.2) is 0 Å². The first-order chi connectivity index (χ1) is 7.83. The van der Waals surface area contributed by atoms with Crippen molar-refractivity contribution < 1.29 is 0 Å². The van der Waals surface area contributed by atoms with Gasteiger partial charge in [0.1, 0.15) is 5.82 Å². The lowest BCUT2D eigenvalue weighted by atomic mass is 10.1. The lowest BCUT2D eigenvalue weighted by Crippen LogP contribution is -1.81. The third-order valence-corrected chi connectivity index (χ3v) is 3.07. The summed E-state index contributed by atoms with van der Waals surface area (Å²) in [7, 11) is 0. The molecule has 1 N–H and O–H groups in total. The number of nitrogens with zero attached hydrogens (tertiary/aromatic N) is 1. The second kappa shape index (κ2) is 3.76. The Morgan fingerprint density at radius 1 is 1.00 bits per heavy atom. The van der Waals surface area contributed by atoms with Gasteiger partial charge in [-0.05, 0) is 29.0 Å². The van der Waals surface area contributed by atoms with Crippen molar-refractivity contribution in [1.29, 1.82) is 0 Å². The average molecular weight is 273 g/mol. The molecule has 3 heteroatoms. The molecule has 0 saturated heterocycles. The van der Waals surface area contributed by atoms with E-state index >= 15 is 0 Å². The number of aromatic nitrogens is 2. The molecule has 1 aromatic heterocycles. The molecule has 2 nitrogen and oxygen atoms in total. The molecular weight excluding hydrogens is 264 g/mol. The molecule has 0 aliphatic rings. The van der Waals surface area contributed by atoms with Crippen LogP contribution >= 0.6 is 15.9 Å². The van der Waals surface area contributed by atoms with Crippen molar-refractivity contribution in [2.75, 3.05) is 0 Å². The van der Waals surface area contributed by atoms with Crippen LogP contribution in [0.5, 0.6) is 0 Å². The summed E-state index contributed by atoms with van der Waals surface area (Å²) in [4.78, 5) is 7.36. The third-order valence-electron chi connectivity index (χ3n) is 2.57. The van der Waals surface area contributed by atoms with Gasteiger partial charge >= 0.3 is 0 Å². The third kappa shape index (κ3) is 1.63. The van der Waals surface area contributed by atoms with Crippen molar-refractivity contribution in [3.63, 3.8) is 0 Å². The summed E-state index contributed by atoms with van der Waals surface area (Å²) < 4.78 is 1.10. The zero-order valence-corrected chi connectivity index (χ0v) is 10.0. The molecule has 3 rings (SSSR count). The maximum Gasteiger partial charge on any atom is 0.137 e. The molecule has 0 aliphatic heterocycles. The Kier molecular flexibility index (Phi) is 2.26. The number of fused-ring (bicyclic) bond motifs is 1. The number of imidazole rings is 1. The van der Waals surface area contributed by atoms with Crippen LogP contribution in [-0.4, -0.2) is 9.97 Å². The van der Waals surface area contributed by atoms with E-state index in [1.54, 1.807) is 6.20 Å². The number of hydrogen-bond donors (Lipinski definition) is 1. The van der Waals surface area contributed by atoms with Gasteiger partial charge in [0.25, 0.3) is 0 Å². The van der Waals surface area contributed by atoms with Crippen LogP contribution in [0.4, 0.5) is 0 Å². The smallest absolute Gasteiger partial charge is 0.137 e. The van der Waals surface area contributed by atoms with Gasteiger partial charge < -0.3 is 4.98 Å². The average Bonchev–Trinajstić information content (AvgIpc) is 2.82. The van der Waals surface area contributed by atoms with Gasteiger partial charge in [0, 0.05) is 22.4 Å². The van der Waals surface area contributed by atoms with E-state index in [0.29, 0.717) is 0 Å². The molecule has 0 spiro atoms. The molecule has 78 valence electrons. The molecule has 3 aromatic rings. The SMILES string of the molecule is Brc1ccc2cc(-c3ncc[nH]3)ccc2c1. The van der Waals surface area contributed by atoms with Gasteiger partial charge in [-0.2, -0.15) is 0 Å². The quantitative estimate of drug-likeness (QED) is 0.713. The van der Waals surface area contributed by atoms with Gasteiger partial charge in [0.05, 0.1) is 0 Å². The minimum atomic E-state index is 0.907. The number of rotatable bonds is 1. The maximum absolute atomic E-state index is 4.25. The van der Waals surface area contributed by atoms with E-state index in [-0.39, 0.29) is 0 Å². The molecule has 0 atom stereocenters. The fourth-order valence-corrected chi connectivity index (χ4v) is 2.17. The molecule has 0 bridgehead atoms. The van der Waals surface area contributed by atoms with Crippen molar-refractivity contribution in [2.45, 2.75) is 0 Å². The zero-order valence-electron chi connectivity index (χ0n) is 8.44. The predicted octanol–water partition coefficient (Wildman–Crippen LogP) is 3.99. The van der Waals surface area contributed by atoms with Crippen molar-refractivity contribution in [1.82, 2.24) is 9.97 Å². The fraction of sp³-hybridized carbons (Fsp3) is 0. The summed E-state index contributed by atoms with van der Waals surface area (Å²) >= 11 is 3.47. The second-order valence-electron chi connectivity index (χ2n) is 3.64. The topological polar surface area (TPSA) is 28.7 Å². The van der Waals surface area contributed by atoms with Gasteiger partial charge in [-0.1, -0.05) is 34.1 Å². The van der Waals surface area contributed by atoms with Crippen molar-refractivity contribution >= 4 is 26.7 Å². The van der Waals surface area contributed by atoms with Crippen LogP contribution in [0, 0.1) is 0 Å². The van der Waals surface area contributed by atoms with E-state index in [1.807, 2.05) is 12.3 Å². The Morgan fingerprint density at radius 2 is 1.81 bits per heavy atom. The van der Waals surface area contributed by atoms with E-state index in [2.05, 4.69) is 56.2 Å². The first-order valence-electron chi connectivity index (χ1n) is 5.02. The lowest BCUT2D eigenvalue weighted by molar-refractivity contribution is 1.31. The highest BCUT2D eigenvalue weighted by atomic mass is 79.9. The Labute approximate surface area is 101 Å². The zero-order chi connectivity index (χ0) is 11.0. The van der Waals surface area contributed by atoms with Crippen LogP contribution < -0.4 is 0 Å². The minimum Gasteiger partial charge on any atom is -0.345 e. The van der Waals surface area contributed by atoms with Crippen LogP contribution in [0.2, 0.25) is 0 Å². The van der Waals surface area contributed by atoms with E-state index in [0.717, 1.165) is 15.9 Å². The number of aromatic amines is 1. The van der Waals surface area contributed by atoms with Crippen LogP contribution in [0.3, 0.4) is 0 Å². The van der Waals surface area contributed by atoms with Crippen LogP contribution in [-0.2, 0) is 0 Å². The van der Waals surface area contributed by atoms with E-state index < -0.39 is 0 Å². The standard InChI is InChI=1S/C13H9BrN2/c14-12-4-3-9-7-11(2-1-10(9)8-12)13-15-5-6-16-13/h1-8H,(H,15,16). The highest BCUT2D eigenvalue weighted by Gasteiger charge is 2.01. The molecule has 2 aromatic carbocycles. The fourth-order valence-electron chi connectivity index (χ4n) is 1.79. The summed E-state index contributed by atoms with van der Waals surface area (Å²) in [6.45, 7) is 0. The van der Waals surface area contributed by atoms with Gasteiger partial charge in [-0.15, -0.1) is 0 Å². The van der Waals surface area contributed by atoms with Gasteiger partial charge in [0.2, 0.25) is 0 Å². The highest BCUT2D eigenvalue weighted by Crippen LogP contribution is 2.24. The molecule has 0 fully saturated rings. The van der Waals surface area contributed by atoms with Crippen LogP contribution in [0.25, 0.3) is 22.2 Å². The molecule has 0 radical (unpaired) electrons. The number of H-pyrrole nitrogens is 1. The number of nitrogens with one attached hydrogen (secondary N) is 1. The summed E-state index contributed by atoms with van der Waals surface area (Å²) in [6.07, 6.45) is 3.60. The molecular formula is C13H9BrN2. The first-order valence-corrected chi connectivity index (χ1v) is 5.81. The van der Waals surface area contributed by atoms with E-state index in [9.17, 15) is 0 Å². The number of benzene rings is 2. The Morgan fingerprint density at radius 3 is 2.62 bits per heavy atom. The summed E-state index contributed by atoms with van der Waals surface area (Å²) in [6, 6.07) is 12.6. The summed E-state index contributed by atoms with van der Waals surface area (Å²) in [5.41, 5.74) is 1.11. The highest BCUT2D eigenvalue weighted by molar-refractivity contribution is 9.10. The van der Waals surface area contributed by atoms with Crippen molar-refractivity contribution in [3.8, 4) is 11.4 Å². The largest absolute Gasteiger partial charge is 0.345 e. The number of halogens is 1. The number of hydrogen-bond acceptors (Lipinski definition) is 1. The van der Waals surface area contributed by atoms with Crippen molar-refractivity contribution in [3.05, 3.63) is 53.3 Å². The van der Waals surface area contributed by atoms with Gasteiger partial charge in [-0.25, -0.2) is 4.98 Å². The molecule has 0 saturated carbocycles. The van der Waals surface area contributed by atoms with Crippen molar-refractivity contribution in [2.24, 2.45) is 0 Å². The van der Waals surface area contributed by atoms with Crippen LogP contribution in [0.15, 0.2) is 53.3 Å². The maximum atomic E-state index is 4.25. The minimum absolute atomic E-state index is 0.907. The Balaban J connectivity index is 2.20. The molecule has 0 amide bonds. The monoisotopic (exact) mass is 272 g/mol. The van der Waals surface area contributed by atoms with E-state index in [1.165, 1.54) is 10.8 Å². The summed E-state index contributed by atoms with van der Waals surface area (Å²) in [5.74, 6) is 0.907. The molecule has 16 heavy (non-hydrogen) atoms. The first kappa shape index (κ1) is 9.60. The van der Waals surface area contributed by atoms with E-state index in [4.69, 9.17) is 0 Å². The molecule has 0 unspecified atom stereocenters. The van der Waals surface area contributed by atoms with Crippen LogP contribution in [0.1, 0.15) is 0 Å². The Hall–Kier alpha value is -1.61.